The third kappa shape index (κ3) is 2.81. The molecule has 20 heavy (non-hydrogen) atoms. The molecule has 2 aromatic rings. The number of hydrazine groups is 1. The third-order valence-electron chi connectivity index (χ3n) is 3.59. The second kappa shape index (κ2) is 6.50. The van der Waals surface area contributed by atoms with Crippen LogP contribution in [0.4, 0.5) is 0 Å². The topological polar surface area (TPSA) is 60.2 Å². The number of ether oxygens (including phenoxy) is 1. The van der Waals surface area contributed by atoms with E-state index in [-0.39, 0.29) is 6.04 Å². The number of nitrogens with two attached hydrogens (primary N) is 1. The quantitative estimate of drug-likeness (QED) is 0.648. The molecule has 0 amide bonds. The van der Waals surface area contributed by atoms with Crippen molar-refractivity contribution in [2.75, 3.05) is 7.11 Å². The van der Waals surface area contributed by atoms with Gasteiger partial charge in [-0.1, -0.05) is 13.0 Å². The second-order valence-electron chi connectivity index (χ2n) is 4.75. The minimum atomic E-state index is -0.0427. The highest BCUT2D eigenvalue weighted by atomic mass is 16.5. The van der Waals surface area contributed by atoms with E-state index in [1.165, 1.54) is 11.1 Å². The maximum absolute atomic E-state index is 5.80. The fraction of sp³-hybridized carbons (Fsp3) is 0.312. The Morgan fingerprint density at radius 2 is 2.10 bits per heavy atom. The van der Waals surface area contributed by atoms with Crippen molar-refractivity contribution in [3.05, 3.63) is 58.9 Å². The lowest BCUT2D eigenvalue weighted by atomic mass is 9.92. The fourth-order valence-corrected chi connectivity index (χ4v) is 2.46. The van der Waals surface area contributed by atoms with Crippen molar-refractivity contribution < 1.29 is 4.74 Å². The van der Waals surface area contributed by atoms with Crippen molar-refractivity contribution in [2.45, 2.75) is 26.3 Å². The number of benzene rings is 1. The highest BCUT2D eigenvalue weighted by Crippen LogP contribution is 2.28. The highest BCUT2D eigenvalue weighted by Gasteiger charge is 2.17. The Morgan fingerprint density at radius 3 is 2.70 bits per heavy atom. The van der Waals surface area contributed by atoms with Crippen LogP contribution in [0.5, 0.6) is 5.75 Å². The van der Waals surface area contributed by atoms with Crippen LogP contribution in [-0.4, -0.2) is 12.1 Å². The van der Waals surface area contributed by atoms with Crippen LogP contribution < -0.4 is 16.0 Å². The molecular formula is C16H21N3O. The van der Waals surface area contributed by atoms with E-state index in [4.69, 9.17) is 10.6 Å². The van der Waals surface area contributed by atoms with Crippen LogP contribution in [0, 0.1) is 6.92 Å². The predicted octanol–water partition coefficient (Wildman–Crippen LogP) is 2.51. The van der Waals surface area contributed by atoms with Crippen LogP contribution in [0.2, 0.25) is 0 Å². The molecule has 1 unspecified atom stereocenters. The summed E-state index contributed by atoms with van der Waals surface area (Å²) in [6.45, 7) is 4.18. The van der Waals surface area contributed by atoms with Crippen molar-refractivity contribution in [3.63, 3.8) is 0 Å². The Morgan fingerprint density at radius 1 is 1.30 bits per heavy atom. The lowest BCUT2D eigenvalue weighted by molar-refractivity contribution is 0.414. The number of rotatable bonds is 5. The first kappa shape index (κ1) is 14.5. The number of hydrogen-bond donors (Lipinski definition) is 2. The molecule has 4 heteroatoms. The van der Waals surface area contributed by atoms with Gasteiger partial charge >= 0.3 is 0 Å². The third-order valence-corrected chi connectivity index (χ3v) is 3.59. The summed E-state index contributed by atoms with van der Waals surface area (Å²) >= 11 is 0. The maximum atomic E-state index is 5.80. The Bertz CT molecular complexity index is 584. The normalized spacial score (nSPS) is 12.2. The van der Waals surface area contributed by atoms with Crippen LogP contribution in [0.25, 0.3) is 0 Å². The molecule has 0 aliphatic heterocycles. The van der Waals surface area contributed by atoms with E-state index in [1.807, 2.05) is 24.4 Å². The van der Waals surface area contributed by atoms with Gasteiger partial charge in [-0.15, -0.1) is 0 Å². The summed E-state index contributed by atoms with van der Waals surface area (Å²) in [6, 6.07) is 8.01. The number of hydrogen-bond acceptors (Lipinski definition) is 4. The van der Waals surface area contributed by atoms with E-state index in [0.717, 1.165) is 23.3 Å². The molecule has 0 saturated heterocycles. The SMILES string of the molecule is CCc1cnccc1C(NN)c1ccc(OC)cc1C. The average molecular weight is 271 g/mol. The van der Waals surface area contributed by atoms with Gasteiger partial charge in [-0.3, -0.25) is 10.8 Å². The summed E-state index contributed by atoms with van der Waals surface area (Å²) in [6.07, 6.45) is 4.63. The molecule has 2 rings (SSSR count). The van der Waals surface area contributed by atoms with Crippen molar-refractivity contribution >= 4 is 0 Å². The van der Waals surface area contributed by atoms with E-state index in [2.05, 4.69) is 30.3 Å². The summed E-state index contributed by atoms with van der Waals surface area (Å²) < 4.78 is 5.25. The van der Waals surface area contributed by atoms with Gasteiger partial charge in [0.1, 0.15) is 5.75 Å². The number of methoxy groups -OCH3 is 1. The lowest BCUT2D eigenvalue weighted by Gasteiger charge is -2.21. The summed E-state index contributed by atoms with van der Waals surface area (Å²) in [5.74, 6) is 6.65. The van der Waals surface area contributed by atoms with Crippen LogP contribution in [0.15, 0.2) is 36.7 Å². The summed E-state index contributed by atoms with van der Waals surface area (Å²) in [5.41, 5.74) is 7.58. The minimum absolute atomic E-state index is 0.0427. The predicted molar refractivity (Wildman–Crippen MR) is 80.5 cm³/mol. The average Bonchev–Trinajstić information content (AvgIpc) is 2.50. The van der Waals surface area contributed by atoms with Gasteiger partial charge in [0.15, 0.2) is 0 Å². The van der Waals surface area contributed by atoms with Crippen LogP contribution in [0.3, 0.4) is 0 Å². The maximum Gasteiger partial charge on any atom is 0.119 e. The Hall–Kier alpha value is -1.91. The summed E-state index contributed by atoms with van der Waals surface area (Å²) in [7, 11) is 1.67. The van der Waals surface area contributed by atoms with Crippen molar-refractivity contribution in [3.8, 4) is 5.75 Å². The molecule has 0 saturated carbocycles. The first-order valence-electron chi connectivity index (χ1n) is 6.74. The van der Waals surface area contributed by atoms with Crippen LogP contribution in [-0.2, 0) is 6.42 Å². The molecule has 0 fully saturated rings. The summed E-state index contributed by atoms with van der Waals surface area (Å²) in [5, 5.41) is 0. The van der Waals surface area contributed by atoms with Crippen molar-refractivity contribution in [2.24, 2.45) is 5.84 Å². The van der Waals surface area contributed by atoms with Gasteiger partial charge in [0, 0.05) is 12.4 Å². The highest BCUT2D eigenvalue weighted by molar-refractivity contribution is 5.42. The van der Waals surface area contributed by atoms with E-state index in [0.29, 0.717) is 0 Å². The van der Waals surface area contributed by atoms with Gasteiger partial charge in [0.25, 0.3) is 0 Å². The van der Waals surface area contributed by atoms with Gasteiger partial charge in [-0.25, -0.2) is 5.43 Å². The first-order chi connectivity index (χ1) is 9.71. The van der Waals surface area contributed by atoms with Gasteiger partial charge < -0.3 is 4.74 Å². The number of nitrogens with one attached hydrogen (secondary N) is 1. The van der Waals surface area contributed by atoms with Crippen LogP contribution in [0.1, 0.15) is 35.2 Å². The standard InChI is InChI=1S/C16H21N3O/c1-4-12-10-18-8-7-15(12)16(19-17)14-6-5-13(20-3)9-11(14)2/h5-10,16,19H,4,17H2,1-3H3. The van der Waals surface area contributed by atoms with E-state index >= 15 is 0 Å². The van der Waals surface area contributed by atoms with Gasteiger partial charge in [-0.05, 0) is 53.8 Å². The fourth-order valence-electron chi connectivity index (χ4n) is 2.46. The molecule has 0 radical (unpaired) electrons. The molecule has 1 heterocycles. The number of aromatic nitrogens is 1. The number of nitrogens with zero attached hydrogens (tertiary/aromatic N) is 1. The molecule has 0 bridgehead atoms. The summed E-state index contributed by atoms with van der Waals surface area (Å²) in [4.78, 5) is 4.19. The van der Waals surface area contributed by atoms with E-state index < -0.39 is 0 Å². The van der Waals surface area contributed by atoms with Crippen molar-refractivity contribution in [1.82, 2.24) is 10.4 Å². The zero-order chi connectivity index (χ0) is 14.5. The lowest BCUT2D eigenvalue weighted by Crippen LogP contribution is -2.30. The smallest absolute Gasteiger partial charge is 0.119 e. The molecule has 0 aliphatic rings. The molecule has 1 aromatic carbocycles. The largest absolute Gasteiger partial charge is 0.497 e. The zero-order valence-corrected chi connectivity index (χ0v) is 12.2. The molecule has 1 aromatic heterocycles. The van der Waals surface area contributed by atoms with Crippen LogP contribution >= 0.6 is 0 Å². The van der Waals surface area contributed by atoms with Crippen molar-refractivity contribution in [1.29, 1.82) is 0 Å². The Balaban J connectivity index is 2.47. The Kier molecular flexibility index (Phi) is 4.71. The van der Waals surface area contributed by atoms with Gasteiger partial charge in [0.05, 0.1) is 13.2 Å². The molecular weight excluding hydrogens is 250 g/mol. The first-order valence-corrected chi connectivity index (χ1v) is 6.74. The Labute approximate surface area is 120 Å². The van der Waals surface area contributed by atoms with E-state index in [9.17, 15) is 0 Å². The monoisotopic (exact) mass is 271 g/mol. The number of pyridine rings is 1. The molecule has 0 aliphatic carbocycles. The molecule has 4 nitrogen and oxygen atoms in total. The van der Waals surface area contributed by atoms with Gasteiger partial charge in [0.2, 0.25) is 0 Å². The zero-order valence-electron chi connectivity index (χ0n) is 12.2. The number of aryl methyl sites for hydroxylation is 2. The van der Waals surface area contributed by atoms with Gasteiger partial charge in [-0.2, -0.15) is 0 Å². The minimum Gasteiger partial charge on any atom is -0.497 e. The molecule has 0 spiro atoms. The van der Waals surface area contributed by atoms with E-state index in [1.54, 1.807) is 13.3 Å². The second-order valence-corrected chi connectivity index (χ2v) is 4.75. The molecule has 1 atom stereocenters. The molecule has 106 valence electrons. The molecule has 3 N–H and O–H groups in total.